The van der Waals surface area contributed by atoms with Gasteiger partial charge in [-0.3, -0.25) is 0 Å². The molecule has 0 N–H and O–H groups in total. The third kappa shape index (κ3) is 1.41. The number of fused-ring (bicyclic) bond motifs is 1. The third-order valence-corrected chi connectivity index (χ3v) is 3.39. The zero-order valence-electron chi connectivity index (χ0n) is 6.94. The molecule has 0 fully saturated rings. The van der Waals surface area contributed by atoms with E-state index in [1.807, 2.05) is 24.5 Å². The van der Waals surface area contributed by atoms with Gasteiger partial charge in [-0.15, -0.1) is 23.1 Å². The highest BCUT2D eigenvalue weighted by Gasteiger charge is 2.05. The standard InChI is InChI=1S/C9H6N2S2/c1-12-6-3-2-4-7-9(6)11-8(5-10)13-7/h2-4H,1H3. The van der Waals surface area contributed by atoms with Crippen molar-refractivity contribution in [2.45, 2.75) is 4.90 Å². The largest absolute Gasteiger partial charge is 0.225 e. The van der Waals surface area contributed by atoms with Gasteiger partial charge in [0.2, 0.25) is 0 Å². The lowest BCUT2D eigenvalue weighted by Gasteiger charge is -1.94. The second-order valence-electron chi connectivity index (χ2n) is 2.44. The first-order valence-corrected chi connectivity index (χ1v) is 5.73. The lowest BCUT2D eigenvalue weighted by atomic mass is 10.3. The zero-order chi connectivity index (χ0) is 9.26. The molecule has 0 saturated heterocycles. The summed E-state index contributed by atoms with van der Waals surface area (Å²) in [6.07, 6.45) is 2.01. The van der Waals surface area contributed by atoms with Crippen molar-refractivity contribution >= 4 is 33.3 Å². The Labute approximate surface area is 84.2 Å². The van der Waals surface area contributed by atoms with E-state index in [1.54, 1.807) is 11.8 Å². The molecule has 64 valence electrons. The number of rotatable bonds is 1. The molecular formula is C9H6N2S2. The van der Waals surface area contributed by atoms with Crippen LogP contribution < -0.4 is 0 Å². The number of nitriles is 1. The first kappa shape index (κ1) is 8.54. The second kappa shape index (κ2) is 3.36. The van der Waals surface area contributed by atoms with Gasteiger partial charge in [-0.25, -0.2) is 4.98 Å². The van der Waals surface area contributed by atoms with Crippen LogP contribution in [0.25, 0.3) is 10.2 Å². The number of nitrogens with zero attached hydrogens (tertiary/aromatic N) is 2. The summed E-state index contributed by atoms with van der Waals surface area (Å²) in [4.78, 5) is 5.37. The van der Waals surface area contributed by atoms with Crippen LogP contribution in [0.5, 0.6) is 0 Å². The highest BCUT2D eigenvalue weighted by molar-refractivity contribution is 7.98. The van der Waals surface area contributed by atoms with Crippen LogP contribution in [0.4, 0.5) is 0 Å². The lowest BCUT2D eigenvalue weighted by molar-refractivity contribution is 1.36. The van der Waals surface area contributed by atoms with Crippen molar-refractivity contribution in [3.8, 4) is 6.07 Å². The smallest absolute Gasteiger partial charge is 0.195 e. The minimum absolute atomic E-state index is 0.538. The fourth-order valence-corrected chi connectivity index (χ4v) is 2.55. The van der Waals surface area contributed by atoms with Gasteiger partial charge in [0, 0.05) is 4.90 Å². The fourth-order valence-electron chi connectivity index (χ4n) is 1.14. The number of hydrogen-bond donors (Lipinski definition) is 0. The van der Waals surface area contributed by atoms with Gasteiger partial charge in [-0.05, 0) is 18.4 Å². The number of hydrogen-bond acceptors (Lipinski definition) is 4. The van der Waals surface area contributed by atoms with Gasteiger partial charge in [-0.1, -0.05) is 6.07 Å². The van der Waals surface area contributed by atoms with E-state index in [1.165, 1.54) is 11.3 Å². The lowest BCUT2D eigenvalue weighted by Crippen LogP contribution is -1.74. The molecule has 4 heteroatoms. The van der Waals surface area contributed by atoms with Crippen molar-refractivity contribution in [3.05, 3.63) is 23.2 Å². The first-order valence-electron chi connectivity index (χ1n) is 3.69. The van der Waals surface area contributed by atoms with Crippen LogP contribution in [0.3, 0.4) is 0 Å². The summed E-state index contributed by atoms with van der Waals surface area (Å²) in [6.45, 7) is 0. The van der Waals surface area contributed by atoms with Crippen LogP contribution in [0.2, 0.25) is 0 Å². The van der Waals surface area contributed by atoms with Gasteiger partial charge in [0.25, 0.3) is 0 Å². The van der Waals surface area contributed by atoms with E-state index in [0.717, 1.165) is 15.1 Å². The van der Waals surface area contributed by atoms with Crippen LogP contribution in [0.1, 0.15) is 5.01 Å². The molecule has 13 heavy (non-hydrogen) atoms. The maximum absolute atomic E-state index is 8.69. The molecular weight excluding hydrogens is 200 g/mol. The van der Waals surface area contributed by atoms with Crippen LogP contribution in [-0.4, -0.2) is 11.2 Å². The summed E-state index contributed by atoms with van der Waals surface area (Å²) >= 11 is 3.10. The van der Waals surface area contributed by atoms with E-state index in [0.29, 0.717) is 5.01 Å². The predicted octanol–water partition coefficient (Wildman–Crippen LogP) is 2.89. The van der Waals surface area contributed by atoms with Crippen molar-refractivity contribution in [1.29, 1.82) is 5.26 Å². The fraction of sp³-hybridized carbons (Fsp3) is 0.111. The highest BCUT2D eigenvalue weighted by atomic mass is 32.2. The Morgan fingerprint density at radius 2 is 2.38 bits per heavy atom. The number of thioether (sulfide) groups is 1. The predicted molar refractivity (Wildman–Crippen MR) is 56.1 cm³/mol. The van der Waals surface area contributed by atoms with E-state index in [4.69, 9.17) is 5.26 Å². The second-order valence-corrected chi connectivity index (χ2v) is 4.32. The maximum Gasteiger partial charge on any atom is 0.195 e. The van der Waals surface area contributed by atoms with Crippen LogP contribution in [-0.2, 0) is 0 Å². The number of benzene rings is 1. The highest BCUT2D eigenvalue weighted by Crippen LogP contribution is 2.29. The SMILES string of the molecule is CSc1cccc2sc(C#N)nc12. The van der Waals surface area contributed by atoms with E-state index >= 15 is 0 Å². The quantitative estimate of drug-likeness (QED) is 0.673. The molecule has 0 spiro atoms. The molecule has 1 aromatic heterocycles. The Hall–Kier alpha value is -1.05. The van der Waals surface area contributed by atoms with Crippen molar-refractivity contribution in [2.75, 3.05) is 6.26 Å². The van der Waals surface area contributed by atoms with E-state index < -0.39 is 0 Å². The van der Waals surface area contributed by atoms with Gasteiger partial charge >= 0.3 is 0 Å². The summed E-state index contributed by atoms with van der Waals surface area (Å²) in [5.74, 6) is 0. The molecule has 0 unspecified atom stereocenters. The van der Waals surface area contributed by atoms with Gasteiger partial charge in [0.1, 0.15) is 6.07 Å². The van der Waals surface area contributed by atoms with Gasteiger partial charge in [0.15, 0.2) is 5.01 Å². The summed E-state index contributed by atoms with van der Waals surface area (Å²) < 4.78 is 1.09. The molecule has 1 heterocycles. The van der Waals surface area contributed by atoms with Gasteiger partial charge < -0.3 is 0 Å². The first-order chi connectivity index (χ1) is 6.35. The Morgan fingerprint density at radius 1 is 1.54 bits per heavy atom. The third-order valence-electron chi connectivity index (χ3n) is 1.70. The van der Waals surface area contributed by atoms with Gasteiger partial charge in [-0.2, -0.15) is 5.26 Å². The van der Waals surface area contributed by atoms with Crippen LogP contribution >= 0.6 is 23.1 Å². The molecule has 0 atom stereocenters. The summed E-state index contributed by atoms with van der Waals surface area (Å²) in [5.41, 5.74) is 0.955. The van der Waals surface area contributed by atoms with E-state index in [9.17, 15) is 0 Å². The molecule has 0 radical (unpaired) electrons. The molecule has 0 bridgehead atoms. The molecule has 0 amide bonds. The van der Waals surface area contributed by atoms with Crippen LogP contribution in [0.15, 0.2) is 23.1 Å². The summed E-state index contributed by atoms with van der Waals surface area (Å²) in [7, 11) is 0. The zero-order valence-corrected chi connectivity index (χ0v) is 8.58. The maximum atomic E-state index is 8.69. The molecule has 2 aromatic rings. The molecule has 0 aliphatic rings. The van der Waals surface area contributed by atoms with Crippen molar-refractivity contribution in [1.82, 2.24) is 4.98 Å². The minimum Gasteiger partial charge on any atom is -0.225 e. The molecule has 2 rings (SSSR count). The topological polar surface area (TPSA) is 36.7 Å². The number of aromatic nitrogens is 1. The number of thiazole rings is 1. The van der Waals surface area contributed by atoms with Crippen LogP contribution in [0, 0.1) is 11.3 Å². The Balaban J connectivity index is 2.76. The van der Waals surface area contributed by atoms with Gasteiger partial charge in [0.05, 0.1) is 10.2 Å². The molecule has 0 aliphatic carbocycles. The molecule has 0 saturated carbocycles. The van der Waals surface area contributed by atoms with E-state index in [2.05, 4.69) is 11.1 Å². The average Bonchev–Trinajstić information content (AvgIpc) is 2.59. The minimum atomic E-state index is 0.538. The monoisotopic (exact) mass is 206 g/mol. The van der Waals surface area contributed by atoms with E-state index in [-0.39, 0.29) is 0 Å². The number of para-hydroxylation sites is 1. The Kier molecular flexibility index (Phi) is 2.21. The summed E-state index contributed by atoms with van der Waals surface area (Å²) in [6, 6.07) is 8.07. The van der Waals surface area contributed by atoms with Crippen molar-refractivity contribution in [2.24, 2.45) is 0 Å². The van der Waals surface area contributed by atoms with Crippen molar-refractivity contribution < 1.29 is 0 Å². The Morgan fingerprint density at radius 3 is 3.08 bits per heavy atom. The normalized spacial score (nSPS) is 10.2. The average molecular weight is 206 g/mol. The molecule has 2 nitrogen and oxygen atoms in total. The van der Waals surface area contributed by atoms with Crippen molar-refractivity contribution in [3.63, 3.8) is 0 Å². The Bertz CT molecular complexity index is 482. The summed E-state index contributed by atoms with van der Waals surface area (Å²) in [5, 5.41) is 9.23. The molecule has 0 aliphatic heterocycles. The molecule has 1 aromatic carbocycles.